The van der Waals surface area contributed by atoms with Crippen LogP contribution in [0.1, 0.15) is 60.6 Å². The number of benzene rings is 2. The molecule has 5 heterocycles. The first kappa shape index (κ1) is 27.3. The minimum atomic E-state index is -0.873. The molecule has 1 amide bonds. The van der Waals surface area contributed by atoms with Gasteiger partial charge in [-0.1, -0.05) is 13.0 Å². The number of aryl methyl sites for hydroxylation is 1. The first-order valence-electron chi connectivity index (χ1n) is 14.9. The number of carbonyl (C=O) groups is 1. The van der Waals surface area contributed by atoms with Gasteiger partial charge < -0.3 is 24.8 Å². The number of halogens is 2. The van der Waals surface area contributed by atoms with Gasteiger partial charge in [0, 0.05) is 43.7 Å². The standard InChI is InChI=1S/C31H35F2N5O4/c1-2-22-23(33)5-4-18-12-21(39)13-25(26(18)22)38-16-24-27(29(38)40)28(34-20-6-10-41-11-7-20)36-30(35-24)42-17-31-8-3-9-37(31)15-19(32)14-31/h4-5,12-13,19-20,39H,2-3,6-11,14-17H2,1H3,(H,34,35,36). The topological polar surface area (TPSA) is 100 Å². The molecular weight excluding hydrogens is 544 g/mol. The number of anilines is 2. The van der Waals surface area contributed by atoms with Crippen LogP contribution in [0.4, 0.5) is 20.3 Å². The van der Waals surface area contributed by atoms with Gasteiger partial charge in [-0.05, 0) is 61.7 Å². The van der Waals surface area contributed by atoms with Crippen molar-refractivity contribution < 1.29 is 28.2 Å². The number of phenols is 1. The van der Waals surface area contributed by atoms with Gasteiger partial charge in [0.15, 0.2) is 0 Å². The number of hydrogen-bond donors (Lipinski definition) is 2. The molecule has 0 saturated carbocycles. The Morgan fingerprint density at radius 3 is 2.88 bits per heavy atom. The second kappa shape index (κ2) is 10.6. The van der Waals surface area contributed by atoms with Crippen molar-refractivity contribution in [3.05, 3.63) is 46.9 Å². The molecule has 0 aliphatic carbocycles. The fourth-order valence-electron chi connectivity index (χ4n) is 7.26. The van der Waals surface area contributed by atoms with Crippen LogP contribution in [0, 0.1) is 5.82 Å². The van der Waals surface area contributed by atoms with E-state index in [0.29, 0.717) is 71.7 Å². The summed E-state index contributed by atoms with van der Waals surface area (Å²) in [7, 11) is 0. The van der Waals surface area contributed by atoms with Crippen molar-refractivity contribution >= 4 is 28.2 Å². The predicted octanol–water partition coefficient (Wildman–Crippen LogP) is 4.74. The molecule has 7 rings (SSSR count). The maximum absolute atomic E-state index is 14.9. The number of hydrogen-bond acceptors (Lipinski definition) is 8. The molecule has 42 heavy (non-hydrogen) atoms. The summed E-state index contributed by atoms with van der Waals surface area (Å²) in [5.74, 6) is -0.327. The number of carbonyl (C=O) groups excluding carboxylic acids is 1. The molecular formula is C31H35F2N5O4. The van der Waals surface area contributed by atoms with Crippen LogP contribution in [0.2, 0.25) is 0 Å². The smallest absolute Gasteiger partial charge is 0.318 e. The molecule has 0 spiro atoms. The second-order valence-corrected chi connectivity index (χ2v) is 11.9. The largest absolute Gasteiger partial charge is 0.508 e. The van der Waals surface area contributed by atoms with Crippen molar-refractivity contribution in [2.45, 2.75) is 69.7 Å². The van der Waals surface area contributed by atoms with Crippen molar-refractivity contribution in [1.29, 1.82) is 0 Å². The van der Waals surface area contributed by atoms with E-state index in [1.54, 1.807) is 12.1 Å². The van der Waals surface area contributed by atoms with Gasteiger partial charge in [-0.3, -0.25) is 9.69 Å². The predicted molar refractivity (Wildman–Crippen MR) is 154 cm³/mol. The summed E-state index contributed by atoms with van der Waals surface area (Å²) < 4.78 is 41.0. The number of amides is 1. The first-order chi connectivity index (χ1) is 20.3. The van der Waals surface area contributed by atoms with Crippen LogP contribution in [0.5, 0.6) is 11.8 Å². The zero-order valence-corrected chi connectivity index (χ0v) is 23.7. The molecule has 4 aliphatic rings. The van der Waals surface area contributed by atoms with Crippen LogP contribution < -0.4 is 15.0 Å². The van der Waals surface area contributed by atoms with E-state index in [-0.39, 0.29) is 48.2 Å². The van der Waals surface area contributed by atoms with Gasteiger partial charge in [0.2, 0.25) is 0 Å². The number of fused-ring (bicyclic) bond motifs is 3. The Morgan fingerprint density at radius 1 is 1.24 bits per heavy atom. The lowest BCUT2D eigenvalue weighted by Gasteiger charge is -2.31. The van der Waals surface area contributed by atoms with Gasteiger partial charge in [-0.15, -0.1) is 0 Å². The number of aromatic hydroxyl groups is 1. The van der Waals surface area contributed by atoms with Gasteiger partial charge in [0.05, 0.1) is 23.5 Å². The fourth-order valence-corrected chi connectivity index (χ4v) is 7.26. The highest BCUT2D eigenvalue weighted by atomic mass is 19.1. The molecule has 2 N–H and O–H groups in total. The fraction of sp³-hybridized carbons (Fsp3) is 0.516. The third-order valence-electron chi connectivity index (χ3n) is 9.30. The zero-order valence-electron chi connectivity index (χ0n) is 23.7. The van der Waals surface area contributed by atoms with Crippen LogP contribution in [0.3, 0.4) is 0 Å². The minimum Gasteiger partial charge on any atom is -0.508 e. The molecule has 2 aromatic carbocycles. The van der Waals surface area contributed by atoms with Gasteiger partial charge in [0.25, 0.3) is 5.91 Å². The quantitative estimate of drug-likeness (QED) is 0.414. The summed E-state index contributed by atoms with van der Waals surface area (Å²) >= 11 is 0. The number of nitrogens with one attached hydrogen (secondary N) is 1. The maximum atomic E-state index is 14.9. The van der Waals surface area contributed by atoms with Gasteiger partial charge in [-0.2, -0.15) is 9.97 Å². The Balaban J connectivity index is 1.26. The summed E-state index contributed by atoms with van der Waals surface area (Å²) in [6.45, 7) is 4.74. The molecule has 1 aromatic heterocycles. The molecule has 11 heteroatoms. The molecule has 4 aliphatic heterocycles. The molecule has 0 radical (unpaired) electrons. The molecule has 9 nitrogen and oxygen atoms in total. The average Bonchev–Trinajstić information content (AvgIpc) is 3.62. The van der Waals surface area contributed by atoms with E-state index in [2.05, 4.69) is 20.2 Å². The SMILES string of the molecule is CCc1c(F)ccc2cc(O)cc(N3Cc4nc(OCC56CCCN5CC(F)C6)nc(NC5CCOCC5)c4C3=O)c12. The lowest BCUT2D eigenvalue weighted by Crippen LogP contribution is -2.43. The normalized spacial score (nSPS) is 24.4. The molecule has 3 aromatic rings. The van der Waals surface area contributed by atoms with Crippen LogP contribution in [0.15, 0.2) is 24.3 Å². The Kier molecular flexibility index (Phi) is 6.89. The molecule has 2 unspecified atom stereocenters. The third-order valence-corrected chi connectivity index (χ3v) is 9.30. The monoisotopic (exact) mass is 579 g/mol. The van der Waals surface area contributed by atoms with Crippen LogP contribution in [-0.4, -0.2) is 76.5 Å². The highest BCUT2D eigenvalue weighted by Gasteiger charge is 2.49. The van der Waals surface area contributed by atoms with E-state index < -0.39 is 6.17 Å². The summed E-state index contributed by atoms with van der Waals surface area (Å²) in [5, 5.41) is 15.2. The summed E-state index contributed by atoms with van der Waals surface area (Å²) in [4.78, 5) is 27.1. The van der Waals surface area contributed by atoms with Gasteiger partial charge in [-0.25, -0.2) is 8.78 Å². The summed E-state index contributed by atoms with van der Waals surface area (Å²) in [6, 6.07) is 6.27. The van der Waals surface area contributed by atoms with Gasteiger partial charge in [0.1, 0.15) is 35.7 Å². The number of alkyl halides is 1. The number of rotatable bonds is 7. The van der Waals surface area contributed by atoms with E-state index in [0.717, 1.165) is 32.2 Å². The molecule has 0 bridgehead atoms. The maximum Gasteiger partial charge on any atom is 0.318 e. The lowest BCUT2D eigenvalue weighted by molar-refractivity contribution is 0.0902. The second-order valence-electron chi connectivity index (χ2n) is 11.9. The number of phenolic OH excluding ortho intramolecular Hbond substituents is 1. The molecule has 3 saturated heterocycles. The van der Waals surface area contributed by atoms with E-state index in [9.17, 15) is 18.7 Å². The summed E-state index contributed by atoms with van der Waals surface area (Å²) in [5.41, 5.74) is 1.36. The van der Waals surface area contributed by atoms with Crippen molar-refractivity contribution in [3.63, 3.8) is 0 Å². The Labute approximate surface area is 242 Å². The van der Waals surface area contributed by atoms with E-state index >= 15 is 0 Å². The molecule has 222 valence electrons. The van der Waals surface area contributed by atoms with E-state index in [4.69, 9.17) is 9.47 Å². The van der Waals surface area contributed by atoms with Crippen LogP contribution in [0.25, 0.3) is 10.8 Å². The highest BCUT2D eigenvalue weighted by Crippen LogP contribution is 2.42. The Morgan fingerprint density at radius 2 is 2.07 bits per heavy atom. The first-order valence-corrected chi connectivity index (χ1v) is 14.9. The highest BCUT2D eigenvalue weighted by molar-refractivity contribution is 6.16. The lowest BCUT2D eigenvalue weighted by atomic mass is 9.95. The molecule has 2 atom stereocenters. The van der Waals surface area contributed by atoms with Crippen molar-refractivity contribution in [2.75, 3.05) is 43.1 Å². The van der Waals surface area contributed by atoms with Crippen LogP contribution >= 0.6 is 0 Å². The van der Waals surface area contributed by atoms with Crippen molar-refractivity contribution in [2.24, 2.45) is 0 Å². The minimum absolute atomic E-state index is 0.0197. The molecule has 3 fully saturated rings. The number of aromatic nitrogens is 2. The number of ether oxygens (including phenoxy) is 2. The Hall–Kier alpha value is -3.57. The van der Waals surface area contributed by atoms with Crippen molar-refractivity contribution in [3.8, 4) is 11.8 Å². The van der Waals surface area contributed by atoms with E-state index in [1.807, 2.05) is 6.92 Å². The van der Waals surface area contributed by atoms with Gasteiger partial charge >= 0.3 is 6.01 Å². The van der Waals surface area contributed by atoms with Crippen molar-refractivity contribution in [1.82, 2.24) is 14.9 Å². The Bertz CT molecular complexity index is 1550. The average molecular weight is 580 g/mol. The zero-order chi connectivity index (χ0) is 29.0. The third kappa shape index (κ3) is 4.63. The van der Waals surface area contributed by atoms with Crippen LogP contribution in [-0.2, 0) is 17.7 Å². The number of nitrogens with zero attached hydrogens (tertiary/aromatic N) is 4. The van der Waals surface area contributed by atoms with E-state index in [1.165, 1.54) is 17.0 Å². The summed E-state index contributed by atoms with van der Waals surface area (Å²) in [6.07, 6.45) is 3.36.